The van der Waals surface area contributed by atoms with Crippen LogP contribution in [0.2, 0.25) is 0 Å². The highest BCUT2D eigenvalue weighted by atomic mass is 32.2. The van der Waals surface area contributed by atoms with E-state index in [4.69, 9.17) is 9.47 Å². The molecule has 0 aromatic carbocycles. The summed E-state index contributed by atoms with van der Waals surface area (Å²) >= 11 is 0. The summed E-state index contributed by atoms with van der Waals surface area (Å²) in [5, 5.41) is 0.814. The van der Waals surface area contributed by atoms with Gasteiger partial charge in [-0.15, -0.1) is 0 Å². The lowest BCUT2D eigenvalue weighted by molar-refractivity contribution is -0.209. The number of esters is 1. The lowest BCUT2D eigenvalue weighted by atomic mass is 9.50. The second kappa shape index (κ2) is 7.55. The highest BCUT2D eigenvalue weighted by Crippen LogP contribution is 2.59. The molecule has 2 atom stereocenters. The summed E-state index contributed by atoms with van der Waals surface area (Å²) in [5.41, 5.74) is -0.235. The normalized spacial score (nSPS) is 48.8. The smallest absolute Gasteiger partial charge is 0.332 e. The van der Waals surface area contributed by atoms with Gasteiger partial charge in [-0.1, -0.05) is 13.8 Å². The third-order valence-electron chi connectivity index (χ3n) is 8.54. The van der Waals surface area contributed by atoms with Crippen LogP contribution in [0.4, 0.5) is 0 Å². The third kappa shape index (κ3) is 3.82. The average molecular weight is 396 g/mol. The first-order chi connectivity index (χ1) is 12.8. The van der Waals surface area contributed by atoms with Crippen LogP contribution >= 0.6 is 0 Å². The van der Waals surface area contributed by atoms with Crippen LogP contribution in [0.3, 0.4) is 0 Å². The monoisotopic (exact) mass is 395 g/mol. The molecule has 0 amide bonds. The molecule has 27 heavy (non-hydrogen) atoms. The molecule has 0 N–H and O–H groups in total. The van der Waals surface area contributed by atoms with Gasteiger partial charge in [0.05, 0.1) is 18.6 Å². The highest BCUT2D eigenvalue weighted by molar-refractivity contribution is 7.96. The van der Waals surface area contributed by atoms with Crippen LogP contribution in [0.25, 0.3) is 0 Å². The van der Waals surface area contributed by atoms with Crippen molar-refractivity contribution in [1.29, 1.82) is 0 Å². The lowest BCUT2D eigenvalue weighted by Crippen LogP contribution is -2.58. The molecule has 0 radical (unpaired) electrons. The number of carbonyl (C=O) groups excluding carboxylic acids is 1. The molecule has 2 unspecified atom stereocenters. The zero-order valence-electron chi connectivity index (χ0n) is 17.9. The van der Waals surface area contributed by atoms with Gasteiger partial charge >= 0.3 is 5.97 Å². The van der Waals surface area contributed by atoms with E-state index in [1.807, 2.05) is 0 Å². The van der Waals surface area contributed by atoms with E-state index in [2.05, 4.69) is 33.3 Å². The van der Waals surface area contributed by atoms with E-state index in [1.54, 1.807) is 0 Å². The number of hydrogen-bond donors (Lipinski definition) is 0. The van der Waals surface area contributed by atoms with Gasteiger partial charge in [-0.3, -0.25) is 0 Å². The topological polar surface area (TPSA) is 35.5 Å². The van der Waals surface area contributed by atoms with Crippen molar-refractivity contribution in [2.75, 3.05) is 19.1 Å². The second-order valence-electron chi connectivity index (χ2n) is 10.7. The first-order valence-corrected chi connectivity index (χ1v) is 13.3. The van der Waals surface area contributed by atoms with E-state index in [0.29, 0.717) is 34.6 Å². The minimum Gasteiger partial charge on any atom is -0.457 e. The Balaban J connectivity index is 1.31. The first kappa shape index (κ1) is 20.1. The minimum atomic E-state index is -0.235. The largest absolute Gasteiger partial charge is 0.457 e. The Morgan fingerprint density at radius 3 is 1.93 bits per heavy atom. The van der Waals surface area contributed by atoms with E-state index in [1.165, 1.54) is 44.9 Å². The maximum atomic E-state index is 12.7. The Hall–Kier alpha value is -0.220. The molecule has 4 bridgehead atoms. The molecule has 0 heterocycles. The van der Waals surface area contributed by atoms with Crippen molar-refractivity contribution < 1.29 is 14.3 Å². The SMILES string of the molecule is CC1CC([S+](C)C)CC(C)C1OCC(=O)OC1(C)C2CC3CC(C2)CC1C3. The molecule has 5 fully saturated rings. The van der Waals surface area contributed by atoms with Crippen molar-refractivity contribution in [3.8, 4) is 0 Å². The van der Waals surface area contributed by atoms with Gasteiger partial charge < -0.3 is 9.47 Å². The Morgan fingerprint density at radius 2 is 1.44 bits per heavy atom. The molecule has 5 aliphatic carbocycles. The van der Waals surface area contributed by atoms with Crippen molar-refractivity contribution in [3.05, 3.63) is 0 Å². The van der Waals surface area contributed by atoms with Gasteiger partial charge in [0.2, 0.25) is 0 Å². The minimum absolute atomic E-state index is 0.128. The molecular formula is C23H39O3S+. The summed E-state index contributed by atoms with van der Waals surface area (Å²) in [6.45, 7) is 6.95. The van der Waals surface area contributed by atoms with Crippen LogP contribution in [-0.4, -0.2) is 42.0 Å². The highest BCUT2D eigenvalue weighted by Gasteiger charge is 2.57. The Morgan fingerprint density at radius 1 is 0.926 bits per heavy atom. The van der Waals surface area contributed by atoms with Crippen LogP contribution in [0, 0.1) is 35.5 Å². The van der Waals surface area contributed by atoms with Gasteiger partial charge in [0.1, 0.15) is 17.5 Å². The number of carbonyl (C=O) groups is 1. The molecule has 0 spiro atoms. The predicted molar refractivity (Wildman–Crippen MR) is 112 cm³/mol. The van der Waals surface area contributed by atoms with Crippen LogP contribution < -0.4 is 0 Å². The van der Waals surface area contributed by atoms with Crippen molar-refractivity contribution >= 4 is 16.9 Å². The van der Waals surface area contributed by atoms with Gasteiger partial charge in [0.15, 0.2) is 0 Å². The fourth-order valence-electron chi connectivity index (χ4n) is 7.19. The molecule has 0 aromatic heterocycles. The molecule has 5 rings (SSSR count). The summed E-state index contributed by atoms with van der Waals surface area (Å²) in [6.07, 6.45) is 13.9. The molecule has 154 valence electrons. The van der Waals surface area contributed by atoms with E-state index >= 15 is 0 Å². The maximum absolute atomic E-state index is 12.7. The van der Waals surface area contributed by atoms with Crippen molar-refractivity contribution in [1.82, 2.24) is 0 Å². The summed E-state index contributed by atoms with van der Waals surface area (Å²) in [7, 11) is 0.469. The average Bonchev–Trinajstić information content (AvgIpc) is 2.58. The molecule has 0 saturated heterocycles. The van der Waals surface area contributed by atoms with Crippen molar-refractivity contribution in [2.24, 2.45) is 35.5 Å². The summed E-state index contributed by atoms with van der Waals surface area (Å²) < 4.78 is 12.3. The fraction of sp³-hybridized carbons (Fsp3) is 0.957. The second-order valence-corrected chi connectivity index (χ2v) is 13.1. The van der Waals surface area contributed by atoms with Gasteiger partial charge in [0, 0.05) is 0 Å². The zero-order valence-corrected chi connectivity index (χ0v) is 18.7. The quantitative estimate of drug-likeness (QED) is 0.510. The van der Waals surface area contributed by atoms with Crippen LogP contribution in [0.5, 0.6) is 0 Å². The number of rotatable bonds is 5. The molecule has 3 nitrogen and oxygen atoms in total. The van der Waals surface area contributed by atoms with Crippen molar-refractivity contribution in [3.63, 3.8) is 0 Å². The summed E-state index contributed by atoms with van der Waals surface area (Å²) in [5.74, 6) is 3.88. The summed E-state index contributed by atoms with van der Waals surface area (Å²) in [4.78, 5) is 12.7. The summed E-state index contributed by atoms with van der Waals surface area (Å²) in [6, 6.07) is 0. The van der Waals surface area contributed by atoms with Gasteiger partial charge in [0.25, 0.3) is 0 Å². The van der Waals surface area contributed by atoms with Gasteiger partial charge in [-0.25, -0.2) is 4.79 Å². The molecule has 5 aliphatic rings. The van der Waals surface area contributed by atoms with E-state index in [0.717, 1.165) is 17.1 Å². The molecule has 0 aliphatic heterocycles. The molecule has 0 aromatic rings. The third-order valence-corrected chi connectivity index (χ3v) is 10.3. The van der Waals surface area contributed by atoms with Crippen LogP contribution in [-0.2, 0) is 25.2 Å². The number of hydrogen-bond acceptors (Lipinski definition) is 3. The fourth-order valence-corrected chi connectivity index (χ4v) is 8.57. The van der Waals surface area contributed by atoms with Crippen LogP contribution in [0.15, 0.2) is 0 Å². The van der Waals surface area contributed by atoms with Gasteiger partial charge in [-0.2, -0.15) is 0 Å². The Kier molecular flexibility index (Phi) is 5.61. The Bertz CT molecular complexity index is 520. The standard InChI is InChI=1S/C23H39O3S/c1-14-6-20(27(4)5)7-15(2)22(14)25-13-21(24)26-23(3)18-9-16-8-17(11-18)12-19(23)10-16/h14-20,22H,6-13H2,1-5H3/q+1. The Labute approximate surface area is 168 Å². The lowest BCUT2D eigenvalue weighted by Gasteiger charge is -2.59. The van der Waals surface area contributed by atoms with E-state index < -0.39 is 0 Å². The van der Waals surface area contributed by atoms with Gasteiger partial charge in [-0.05, 0) is 98.3 Å². The first-order valence-electron chi connectivity index (χ1n) is 11.2. The van der Waals surface area contributed by atoms with E-state index in [9.17, 15) is 4.79 Å². The molecule has 5 saturated carbocycles. The zero-order chi connectivity index (χ0) is 19.3. The molecular weight excluding hydrogens is 356 g/mol. The van der Waals surface area contributed by atoms with Crippen LogP contribution in [0.1, 0.15) is 65.7 Å². The maximum Gasteiger partial charge on any atom is 0.332 e. The predicted octanol–water partition coefficient (Wildman–Crippen LogP) is 4.44. The number of ether oxygens (including phenoxy) is 2. The van der Waals surface area contributed by atoms with E-state index in [-0.39, 0.29) is 24.3 Å². The van der Waals surface area contributed by atoms with Crippen molar-refractivity contribution in [2.45, 2.75) is 82.7 Å². The molecule has 4 heteroatoms.